The van der Waals surface area contributed by atoms with Crippen molar-refractivity contribution in [3.05, 3.63) is 88.1 Å². The molecule has 0 saturated carbocycles. The van der Waals surface area contributed by atoms with Gasteiger partial charge in [-0.25, -0.2) is 0 Å². The van der Waals surface area contributed by atoms with E-state index in [-0.39, 0.29) is 11.4 Å². The minimum absolute atomic E-state index is 0.0697. The average Bonchev–Trinajstić information content (AvgIpc) is 3.23. The van der Waals surface area contributed by atoms with Crippen LogP contribution in [0.3, 0.4) is 0 Å². The van der Waals surface area contributed by atoms with E-state index in [1.165, 1.54) is 17.4 Å². The highest BCUT2D eigenvalue weighted by Crippen LogP contribution is 2.29. The van der Waals surface area contributed by atoms with Gasteiger partial charge in [0.15, 0.2) is 0 Å². The van der Waals surface area contributed by atoms with E-state index in [0.717, 1.165) is 27.6 Å². The molecule has 158 valence electrons. The van der Waals surface area contributed by atoms with E-state index in [4.69, 9.17) is 4.74 Å². The van der Waals surface area contributed by atoms with Crippen LogP contribution in [0.4, 0.5) is 14.5 Å². The highest BCUT2D eigenvalue weighted by atomic mass is 32.1. The molecule has 3 aromatic carbocycles. The molecule has 0 radical (unpaired) electrons. The van der Waals surface area contributed by atoms with Crippen LogP contribution in [0.25, 0.3) is 10.8 Å². The van der Waals surface area contributed by atoms with Gasteiger partial charge in [0.1, 0.15) is 18.1 Å². The Hall–Kier alpha value is -3.45. The third kappa shape index (κ3) is 5.19. The first-order valence-electron chi connectivity index (χ1n) is 9.54. The molecule has 1 aromatic heterocycles. The van der Waals surface area contributed by atoms with Crippen molar-refractivity contribution < 1.29 is 23.0 Å². The summed E-state index contributed by atoms with van der Waals surface area (Å²) in [4.78, 5) is 13.0. The number of ether oxygens (including phenoxy) is 2. The molecule has 0 aliphatic carbocycles. The Labute approximate surface area is 182 Å². The van der Waals surface area contributed by atoms with Crippen LogP contribution in [-0.4, -0.2) is 12.5 Å². The van der Waals surface area contributed by atoms with E-state index in [2.05, 4.69) is 10.1 Å². The van der Waals surface area contributed by atoms with E-state index in [9.17, 15) is 13.6 Å². The maximum atomic E-state index is 12.7. The van der Waals surface area contributed by atoms with Crippen LogP contribution in [-0.2, 0) is 6.61 Å². The first-order valence-corrected chi connectivity index (χ1v) is 10.4. The number of halogens is 2. The monoisotopic (exact) mass is 439 g/mol. The molecular weight excluding hydrogens is 420 g/mol. The number of anilines is 1. The third-order valence-electron chi connectivity index (χ3n) is 4.61. The molecule has 0 atom stereocenters. The summed E-state index contributed by atoms with van der Waals surface area (Å²) in [6.07, 6.45) is 0. The third-order valence-corrected chi connectivity index (χ3v) is 5.58. The summed E-state index contributed by atoms with van der Waals surface area (Å²) in [6, 6.07) is 20.3. The molecule has 0 aliphatic rings. The largest absolute Gasteiger partial charge is 0.489 e. The van der Waals surface area contributed by atoms with Crippen molar-refractivity contribution in [2.75, 3.05) is 5.32 Å². The molecule has 0 bridgehead atoms. The van der Waals surface area contributed by atoms with Gasteiger partial charge in [0, 0.05) is 5.56 Å². The van der Waals surface area contributed by atoms with Gasteiger partial charge in [0.2, 0.25) is 0 Å². The Morgan fingerprint density at radius 3 is 2.65 bits per heavy atom. The molecule has 1 N–H and O–H groups in total. The minimum atomic E-state index is -2.97. The summed E-state index contributed by atoms with van der Waals surface area (Å²) in [7, 11) is 0. The summed E-state index contributed by atoms with van der Waals surface area (Å²) in [6.45, 7) is -0.907. The molecule has 0 unspecified atom stereocenters. The lowest BCUT2D eigenvalue weighted by molar-refractivity contribution is -0.0494. The van der Waals surface area contributed by atoms with Crippen molar-refractivity contribution in [1.82, 2.24) is 0 Å². The van der Waals surface area contributed by atoms with Gasteiger partial charge in [-0.1, -0.05) is 36.4 Å². The molecule has 0 aliphatic heterocycles. The molecule has 0 saturated heterocycles. The van der Waals surface area contributed by atoms with Gasteiger partial charge in [0.25, 0.3) is 5.91 Å². The maximum absolute atomic E-state index is 12.7. The molecule has 1 amide bonds. The maximum Gasteiger partial charge on any atom is 0.387 e. The van der Waals surface area contributed by atoms with Crippen LogP contribution in [0.15, 0.2) is 72.1 Å². The fourth-order valence-electron chi connectivity index (χ4n) is 3.10. The lowest BCUT2D eigenvalue weighted by Crippen LogP contribution is -2.13. The zero-order chi connectivity index (χ0) is 21.8. The number of carbonyl (C=O) groups excluding carboxylic acids is 1. The fourth-order valence-corrected chi connectivity index (χ4v) is 3.90. The van der Waals surface area contributed by atoms with Gasteiger partial charge in [0.05, 0.1) is 10.6 Å². The van der Waals surface area contributed by atoms with Crippen LogP contribution >= 0.6 is 11.3 Å². The van der Waals surface area contributed by atoms with Crippen molar-refractivity contribution in [3.8, 4) is 11.5 Å². The summed E-state index contributed by atoms with van der Waals surface area (Å²) >= 11 is 1.26. The zero-order valence-corrected chi connectivity index (χ0v) is 17.4. The average molecular weight is 439 g/mol. The predicted molar refractivity (Wildman–Crippen MR) is 118 cm³/mol. The van der Waals surface area contributed by atoms with Crippen LogP contribution in [0.5, 0.6) is 11.5 Å². The first-order chi connectivity index (χ1) is 15.0. The number of thiophene rings is 1. The molecule has 4 nitrogen and oxygen atoms in total. The van der Waals surface area contributed by atoms with Crippen LogP contribution < -0.4 is 14.8 Å². The van der Waals surface area contributed by atoms with Gasteiger partial charge >= 0.3 is 6.61 Å². The Morgan fingerprint density at radius 2 is 1.84 bits per heavy atom. The Bertz CT molecular complexity index is 1220. The Balaban J connectivity index is 1.42. The van der Waals surface area contributed by atoms with Gasteiger partial charge in [-0.3, -0.25) is 4.79 Å². The molecule has 0 fully saturated rings. The van der Waals surface area contributed by atoms with Crippen molar-refractivity contribution >= 4 is 33.7 Å². The lowest BCUT2D eigenvalue weighted by Gasteiger charge is -2.12. The molecule has 7 heteroatoms. The number of nitrogens with one attached hydrogen (secondary N) is 1. The number of carbonyl (C=O) groups is 1. The normalized spacial score (nSPS) is 11.0. The van der Waals surface area contributed by atoms with E-state index in [1.54, 1.807) is 25.1 Å². The van der Waals surface area contributed by atoms with Gasteiger partial charge in [-0.15, -0.1) is 11.3 Å². The quantitative estimate of drug-likeness (QED) is 0.351. The van der Waals surface area contributed by atoms with Gasteiger partial charge in [-0.2, -0.15) is 8.78 Å². The predicted octanol–water partition coefficient (Wildman–Crippen LogP) is 6.64. The summed E-state index contributed by atoms with van der Waals surface area (Å²) in [5.41, 5.74) is 1.78. The zero-order valence-electron chi connectivity index (χ0n) is 16.6. The van der Waals surface area contributed by atoms with Crippen LogP contribution in [0.1, 0.15) is 20.8 Å². The molecule has 31 heavy (non-hydrogen) atoms. The van der Waals surface area contributed by atoms with E-state index in [1.807, 2.05) is 47.8 Å². The summed E-state index contributed by atoms with van der Waals surface area (Å²) in [5, 5.41) is 6.70. The number of benzene rings is 3. The molecule has 4 aromatic rings. The molecule has 0 spiro atoms. The lowest BCUT2D eigenvalue weighted by atomic mass is 10.1. The molecule has 1 heterocycles. The second-order valence-electron chi connectivity index (χ2n) is 6.95. The number of alkyl halides is 2. The van der Waals surface area contributed by atoms with Crippen molar-refractivity contribution in [2.45, 2.75) is 20.1 Å². The van der Waals surface area contributed by atoms with E-state index < -0.39 is 12.5 Å². The number of rotatable bonds is 7. The minimum Gasteiger partial charge on any atom is -0.489 e. The Morgan fingerprint density at radius 1 is 1.03 bits per heavy atom. The van der Waals surface area contributed by atoms with Crippen LogP contribution in [0.2, 0.25) is 0 Å². The molecular formula is C24H19F2NO3S. The van der Waals surface area contributed by atoms with Crippen molar-refractivity contribution in [2.24, 2.45) is 0 Å². The van der Waals surface area contributed by atoms with Gasteiger partial charge < -0.3 is 14.8 Å². The highest BCUT2D eigenvalue weighted by molar-refractivity contribution is 7.12. The number of hydrogen-bond donors (Lipinski definition) is 1. The summed E-state index contributed by atoms with van der Waals surface area (Å²) in [5.74, 6) is 0.272. The smallest absolute Gasteiger partial charge is 0.387 e. The fraction of sp³-hybridized carbons (Fsp3) is 0.125. The van der Waals surface area contributed by atoms with Crippen molar-refractivity contribution in [3.63, 3.8) is 0 Å². The summed E-state index contributed by atoms with van der Waals surface area (Å²) < 4.78 is 35.7. The first kappa shape index (κ1) is 20.8. The topological polar surface area (TPSA) is 47.6 Å². The second-order valence-corrected chi connectivity index (χ2v) is 7.86. The SMILES string of the molecule is Cc1ccc(NC(=O)c2cc(COc3ccc4ccccc4c3)cs2)c(OC(F)F)c1. The Kier molecular flexibility index (Phi) is 6.13. The standard InChI is InChI=1S/C24H19F2NO3S/c1-15-6-9-20(21(10-15)30-24(25)26)27-23(28)22-11-16(14-31-22)13-29-19-8-7-17-4-2-3-5-18(17)12-19/h2-12,14,24H,13H2,1H3,(H,27,28). The highest BCUT2D eigenvalue weighted by Gasteiger charge is 2.15. The van der Waals surface area contributed by atoms with E-state index >= 15 is 0 Å². The number of aryl methyl sites for hydroxylation is 1. The number of hydrogen-bond acceptors (Lipinski definition) is 4. The second kappa shape index (κ2) is 9.14. The van der Waals surface area contributed by atoms with Crippen LogP contribution in [0, 0.1) is 6.92 Å². The van der Waals surface area contributed by atoms with Crippen molar-refractivity contribution in [1.29, 1.82) is 0 Å². The van der Waals surface area contributed by atoms with Gasteiger partial charge in [-0.05, 0) is 59.0 Å². The number of fused-ring (bicyclic) bond motifs is 1. The van der Waals surface area contributed by atoms with E-state index in [0.29, 0.717) is 11.5 Å². The molecule has 4 rings (SSSR count). The number of amides is 1.